The van der Waals surface area contributed by atoms with E-state index in [4.69, 9.17) is 19.4 Å². The molecule has 0 radical (unpaired) electrons. The van der Waals surface area contributed by atoms with Gasteiger partial charge in [0.25, 0.3) is 0 Å². The highest BCUT2D eigenvalue weighted by molar-refractivity contribution is 6.18. The molecule has 0 atom stereocenters. The van der Waals surface area contributed by atoms with E-state index in [-0.39, 0.29) is 0 Å². The first-order valence-electron chi connectivity index (χ1n) is 20.9. The first-order chi connectivity index (χ1) is 30.7. The van der Waals surface area contributed by atoms with E-state index in [1.165, 1.54) is 43.4 Å². The van der Waals surface area contributed by atoms with Crippen molar-refractivity contribution in [1.29, 1.82) is 0 Å². The van der Waals surface area contributed by atoms with Gasteiger partial charge in [-0.15, -0.1) is 0 Å². The molecule has 0 fully saturated rings. The van der Waals surface area contributed by atoms with E-state index in [9.17, 15) is 0 Å². The van der Waals surface area contributed by atoms with Gasteiger partial charge < -0.3 is 8.98 Å². The highest BCUT2D eigenvalue weighted by Crippen LogP contribution is 2.44. The van der Waals surface area contributed by atoms with Gasteiger partial charge in [-0.2, -0.15) is 0 Å². The van der Waals surface area contributed by atoms with Crippen molar-refractivity contribution < 1.29 is 4.42 Å². The zero-order valence-electron chi connectivity index (χ0n) is 33.3. The van der Waals surface area contributed by atoms with Crippen LogP contribution in [0.4, 0.5) is 0 Å². The third-order valence-electron chi connectivity index (χ3n) is 12.4. The fourth-order valence-electron chi connectivity index (χ4n) is 9.49. The molecule has 0 aliphatic rings. The lowest BCUT2D eigenvalue weighted by atomic mass is 9.93. The number of furan rings is 1. The molecule has 5 nitrogen and oxygen atoms in total. The van der Waals surface area contributed by atoms with Crippen molar-refractivity contribution in [2.75, 3.05) is 0 Å². The Labute approximate surface area is 355 Å². The number of aromatic nitrogens is 4. The summed E-state index contributed by atoms with van der Waals surface area (Å²) >= 11 is 0. The summed E-state index contributed by atoms with van der Waals surface area (Å²) in [6.07, 6.45) is 0. The summed E-state index contributed by atoms with van der Waals surface area (Å²) in [6, 6.07) is 72.9. The van der Waals surface area contributed by atoms with Gasteiger partial charge in [0.2, 0.25) is 0 Å². The summed E-state index contributed by atoms with van der Waals surface area (Å²) in [6.45, 7) is 0. The number of fused-ring (bicyclic) bond motifs is 9. The molecule has 288 valence electrons. The first-order valence-corrected chi connectivity index (χ1v) is 20.9. The van der Waals surface area contributed by atoms with Crippen LogP contribution in [-0.2, 0) is 0 Å². The molecule has 0 unspecified atom stereocenters. The molecule has 13 rings (SSSR count). The van der Waals surface area contributed by atoms with E-state index in [2.05, 4.69) is 138 Å². The van der Waals surface area contributed by atoms with Crippen LogP contribution in [0.15, 0.2) is 211 Å². The van der Waals surface area contributed by atoms with Gasteiger partial charge in [-0.05, 0) is 86.6 Å². The lowest BCUT2D eigenvalue weighted by Crippen LogP contribution is -2.00. The number of hydrogen-bond acceptors (Lipinski definition) is 4. The van der Waals surface area contributed by atoms with Crippen molar-refractivity contribution >= 4 is 76.1 Å². The zero-order valence-corrected chi connectivity index (χ0v) is 33.3. The van der Waals surface area contributed by atoms with Crippen LogP contribution < -0.4 is 0 Å². The molecule has 62 heavy (non-hydrogen) atoms. The Kier molecular flexibility index (Phi) is 7.54. The van der Waals surface area contributed by atoms with Crippen LogP contribution >= 0.6 is 0 Å². The van der Waals surface area contributed by atoms with Gasteiger partial charge in [0, 0.05) is 43.6 Å². The molecular formula is C57H34N4O. The number of benzene rings is 10. The SMILES string of the molecule is c1ccc(-c2nc(-c3ccccc3)nc(-c3cc(-c4ccc(-n5c6cc7ccccc7cc6c6cc7ccccc7cc65)c5ccccc45)cc4oc5ccccc5c34)n2)cc1. The predicted molar refractivity (Wildman–Crippen MR) is 256 cm³/mol. The van der Waals surface area contributed by atoms with Crippen LogP contribution in [0, 0.1) is 0 Å². The third kappa shape index (κ3) is 5.38. The van der Waals surface area contributed by atoms with E-state index in [0.717, 1.165) is 66.2 Å². The Hall–Kier alpha value is -8.41. The highest BCUT2D eigenvalue weighted by atomic mass is 16.3. The first kappa shape index (κ1) is 34.5. The van der Waals surface area contributed by atoms with Gasteiger partial charge in [0.15, 0.2) is 17.5 Å². The predicted octanol–water partition coefficient (Wildman–Crippen LogP) is 15.0. The minimum Gasteiger partial charge on any atom is -0.456 e. The molecule has 0 amide bonds. The molecule has 0 aliphatic heterocycles. The van der Waals surface area contributed by atoms with E-state index < -0.39 is 0 Å². The van der Waals surface area contributed by atoms with Gasteiger partial charge in [0.1, 0.15) is 11.2 Å². The van der Waals surface area contributed by atoms with Gasteiger partial charge in [-0.1, -0.05) is 158 Å². The number of nitrogens with zero attached hydrogens (tertiary/aromatic N) is 4. The topological polar surface area (TPSA) is 56.7 Å². The Balaban J connectivity index is 1.08. The summed E-state index contributed by atoms with van der Waals surface area (Å²) in [7, 11) is 0. The maximum absolute atomic E-state index is 6.69. The van der Waals surface area contributed by atoms with Gasteiger partial charge in [-0.3, -0.25) is 0 Å². The minimum absolute atomic E-state index is 0.585. The van der Waals surface area contributed by atoms with Crippen molar-refractivity contribution in [2.45, 2.75) is 0 Å². The minimum atomic E-state index is 0.585. The fourth-order valence-corrected chi connectivity index (χ4v) is 9.49. The average molecular weight is 791 g/mol. The monoisotopic (exact) mass is 790 g/mol. The maximum Gasteiger partial charge on any atom is 0.164 e. The van der Waals surface area contributed by atoms with Gasteiger partial charge >= 0.3 is 0 Å². The van der Waals surface area contributed by atoms with Crippen LogP contribution in [0.2, 0.25) is 0 Å². The van der Waals surface area contributed by atoms with Gasteiger partial charge in [-0.25, -0.2) is 15.0 Å². The zero-order chi connectivity index (χ0) is 40.7. The molecule has 10 aromatic carbocycles. The Morgan fingerprint density at radius 1 is 0.323 bits per heavy atom. The summed E-state index contributed by atoms with van der Waals surface area (Å²) in [5.41, 5.74) is 9.89. The molecule has 0 N–H and O–H groups in total. The summed E-state index contributed by atoms with van der Waals surface area (Å²) in [5.74, 6) is 1.81. The summed E-state index contributed by atoms with van der Waals surface area (Å²) < 4.78 is 9.16. The van der Waals surface area contributed by atoms with Crippen LogP contribution in [0.25, 0.3) is 127 Å². The van der Waals surface area contributed by atoms with Crippen LogP contribution in [0.3, 0.4) is 0 Å². The van der Waals surface area contributed by atoms with Crippen LogP contribution in [-0.4, -0.2) is 19.5 Å². The third-order valence-corrected chi connectivity index (χ3v) is 12.4. The highest BCUT2D eigenvalue weighted by Gasteiger charge is 2.22. The maximum atomic E-state index is 6.69. The van der Waals surface area contributed by atoms with Crippen molar-refractivity contribution in [3.8, 4) is 51.0 Å². The standard InChI is InChI=1S/C57H34N4O/c1-3-15-35(16-4-1)55-58-56(36-17-5-2-6-18-36)60-57(59-55)48-31-41(34-53-54(48)45-25-13-14-26-52(45)62-53)42-27-28-49(44-24-12-11-23-43(42)44)61-50-32-39-21-9-7-19-37(39)29-46(50)47-30-38-20-8-10-22-40(38)33-51(47)61/h1-34H. The second-order valence-electron chi connectivity index (χ2n) is 16.0. The van der Waals surface area contributed by atoms with Gasteiger partial charge in [0.05, 0.1) is 16.7 Å². The largest absolute Gasteiger partial charge is 0.456 e. The Bertz CT molecular complexity index is 3770. The molecule has 0 aliphatic carbocycles. The lowest BCUT2D eigenvalue weighted by molar-refractivity contribution is 0.669. The van der Waals surface area contributed by atoms with Crippen LogP contribution in [0.1, 0.15) is 0 Å². The van der Waals surface area contributed by atoms with E-state index in [1.807, 2.05) is 72.8 Å². The van der Waals surface area contributed by atoms with E-state index in [0.29, 0.717) is 17.5 Å². The van der Waals surface area contributed by atoms with E-state index >= 15 is 0 Å². The molecule has 0 saturated carbocycles. The van der Waals surface area contributed by atoms with Crippen molar-refractivity contribution in [2.24, 2.45) is 0 Å². The number of rotatable bonds is 5. The molecule has 3 heterocycles. The number of para-hydroxylation sites is 1. The van der Waals surface area contributed by atoms with Crippen molar-refractivity contribution in [3.63, 3.8) is 0 Å². The van der Waals surface area contributed by atoms with Crippen molar-refractivity contribution in [1.82, 2.24) is 19.5 Å². The Morgan fingerprint density at radius 2 is 0.823 bits per heavy atom. The molecule has 0 saturated heterocycles. The number of hydrogen-bond donors (Lipinski definition) is 0. The molecule has 3 aromatic heterocycles. The second kappa shape index (κ2) is 13.6. The summed E-state index contributed by atoms with van der Waals surface area (Å²) in [4.78, 5) is 15.4. The molecule has 5 heteroatoms. The lowest BCUT2D eigenvalue weighted by Gasteiger charge is -2.16. The average Bonchev–Trinajstić information content (AvgIpc) is 3.86. The smallest absolute Gasteiger partial charge is 0.164 e. The molecule has 0 spiro atoms. The van der Waals surface area contributed by atoms with Crippen LogP contribution in [0.5, 0.6) is 0 Å². The molecule has 0 bridgehead atoms. The van der Waals surface area contributed by atoms with E-state index in [1.54, 1.807) is 0 Å². The fraction of sp³-hybridized carbons (Fsp3) is 0. The van der Waals surface area contributed by atoms with Crippen molar-refractivity contribution in [3.05, 3.63) is 206 Å². The Morgan fingerprint density at radius 3 is 1.44 bits per heavy atom. The summed E-state index contributed by atoms with van der Waals surface area (Å²) in [5, 5.41) is 11.6. The second-order valence-corrected chi connectivity index (χ2v) is 16.0. The normalized spacial score (nSPS) is 11.9. The molecule has 13 aromatic rings. The molecular weight excluding hydrogens is 757 g/mol. The quantitative estimate of drug-likeness (QED) is 0.174.